The highest BCUT2D eigenvalue weighted by atomic mass is 32.2. The van der Waals surface area contributed by atoms with Crippen molar-refractivity contribution in [3.8, 4) is 6.07 Å². The monoisotopic (exact) mass is 332 g/mol. The Hall–Kier alpha value is -2.27. The molecule has 2 heterocycles. The Labute approximate surface area is 132 Å². The van der Waals surface area contributed by atoms with Crippen LogP contribution in [0.15, 0.2) is 35.5 Å². The minimum absolute atomic E-state index is 0.0478. The Morgan fingerprint density at radius 1 is 1.26 bits per heavy atom. The van der Waals surface area contributed by atoms with Crippen LogP contribution in [0.3, 0.4) is 0 Å². The van der Waals surface area contributed by atoms with Crippen LogP contribution in [0.25, 0.3) is 0 Å². The van der Waals surface area contributed by atoms with E-state index in [2.05, 4.69) is 10.1 Å². The molecule has 2 aliphatic rings. The maximum atomic E-state index is 14.2. The number of fused-ring (bicyclic) bond motifs is 1. The van der Waals surface area contributed by atoms with E-state index in [-0.39, 0.29) is 23.4 Å². The lowest BCUT2D eigenvalue weighted by molar-refractivity contribution is 0.326. The van der Waals surface area contributed by atoms with Crippen LogP contribution in [0.2, 0.25) is 0 Å². The van der Waals surface area contributed by atoms with E-state index >= 15 is 0 Å². The zero-order valence-electron chi connectivity index (χ0n) is 12.0. The molecule has 0 bridgehead atoms. The average Bonchev–Trinajstić information content (AvgIpc) is 3.13. The number of alkyl halides is 1. The Balaban J connectivity index is 1.73. The molecule has 23 heavy (non-hydrogen) atoms. The largest absolute Gasteiger partial charge is 0.267 e. The molecule has 118 valence electrons. The van der Waals surface area contributed by atoms with E-state index in [1.54, 1.807) is 0 Å². The van der Waals surface area contributed by atoms with Gasteiger partial charge in [0.15, 0.2) is 12.0 Å². The van der Waals surface area contributed by atoms with Crippen molar-refractivity contribution in [3.63, 3.8) is 0 Å². The lowest BCUT2D eigenvalue weighted by Crippen LogP contribution is -2.13. The highest BCUT2D eigenvalue weighted by molar-refractivity contribution is 7.92. The summed E-state index contributed by atoms with van der Waals surface area (Å²) >= 11 is 0. The zero-order valence-corrected chi connectivity index (χ0v) is 12.8. The summed E-state index contributed by atoms with van der Waals surface area (Å²) in [7, 11) is -3.77. The summed E-state index contributed by atoms with van der Waals surface area (Å²) in [6, 6.07) is 10.8. The number of nitriles is 1. The molecular formula is C15H13FN4O2S. The Kier molecular flexibility index (Phi) is 3.03. The van der Waals surface area contributed by atoms with Gasteiger partial charge in [-0.2, -0.15) is 10.2 Å². The lowest BCUT2D eigenvalue weighted by atomic mass is 10.0. The van der Waals surface area contributed by atoms with Crippen molar-refractivity contribution in [3.05, 3.63) is 41.7 Å². The van der Waals surface area contributed by atoms with Gasteiger partial charge in [0.25, 0.3) is 5.16 Å². The molecule has 0 amide bonds. The molecule has 4 atom stereocenters. The van der Waals surface area contributed by atoms with Crippen molar-refractivity contribution in [1.82, 2.24) is 14.8 Å². The number of sulfone groups is 1. The average molecular weight is 332 g/mol. The molecule has 1 aliphatic heterocycles. The molecule has 0 spiro atoms. The summed E-state index contributed by atoms with van der Waals surface area (Å²) in [5.74, 6) is -0.462. The SMILES string of the molecule is N#C[C@H]1C[C@@H]1S(=O)(=O)c1nc2n(n1)[C@H](c1ccccc1)C[C@@H]2F. The first-order chi connectivity index (χ1) is 11.0. The van der Waals surface area contributed by atoms with Crippen molar-refractivity contribution in [2.75, 3.05) is 0 Å². The minimum atomic E-state index is -3.77. The first kappa shape index (κ1) is 14.3. The second-order valence-electron chi connectivity index (χ2n) is 5.88. The van der Waals surface area contributed by atoms with Crippen LogP contribution in [0.4, 0.5) is 4.39 Å². The third-order valence-corrected chi connectivity index (χ3v) is 6.38. The molecule has 4 rings (SSSR count). The minimum Gasteiger partial charge on any atom is -0.239 e. The number of aromatic nitrogens is 3. The van der Waals surface area contributed by atoms with Crippen molar-refractivity contribution in [1.29, 1.82) is 5.26 Å². The molecule has 1 saturated carbocycles. The number of rotatable bonds is 3. The molecule has 8 heteroatoms. The fourth-order valence-corrected chi connectivity index (χ4v) is 4.67. The third-order valence-electron chi connectivity index (χ3n) is 4.38. The topological polar surface area (TPSA) is 88.6 Å². The van der Waals surface area contributed by atoms with E-state index in [0.29, 0.717) is 6.42 Å². The lowest BCUT2D eigenvalue weighted by Gasteiger charge is -2.11. The first-order valence-electron chi connectivity index (χ1n) is 7.31. The Bertz CT molecular complexity index is 903. The molecule has 0 saturated heterocycles. The van der Waals surface area contributed by atoms with Gasteiger partial charge in [-0.3, -0.25) is 0 Å². The Morgan fingerprint density at radius 3 is 2.65 bits per heavy atom. The third kappa shape index (κ3) is 2.15. The standard InChI is InChI=1S/C15H13FN4O2S/c16-11-7-12(9-4-2-1-3-5-9)20-14(11)18-15(19-20)23(21,22)13-6-10(13)8-17/h1-5,10-13H,6-7H2/t10-,11+,12+,13+/m1/s1. The van der Waals surface area contributed by atoms with Gasteiger partial charge in [-0.25, -0.2) is 17.5 Å². The summed E-state index contributed by atoms with van der Waals surface area (Å²) < 4.78 is 40.4. The van der Waals surface area contributed by atoms with Crippen LogP contribution < -0.4 is 0 Å². The Morgan fingerprint density at radius 2 is 2.00 bits per heavy atom. The van der Waals surface area contributed by atoms with Crippen molar-refractivity contribution in [2.24, 2.45) is 5.92 Å². The van der Waals surface area contributed by atoms with Gasteiger partial charge in [-0.05, 0) is 12.0 Å². The van der Waals surface area contributed by atoms with E-state index in [4.69, 9.17) is 5.26 Å². The molecule has 0 N–H and O–H groups in total. The molecule has 1 aromatic heterocycles. The van der Waals surface area contributed by atoms with Crippen molar-refractivity contribution < 1.29 is 12.8 Å². The maximum absolute atomic E-state index is 14.2. The normalized spacial score (nSPS) is 29.0. The number of benzene rings is 1. The van der Waals surface area contributed by atoms with Gasteiger partial charge in [0, 0.05) is 6.42 Å². The quantitative estimate of drug-likeness (QED) is 0.857. The molecule has 6 nitrogen and oxygen atoms in total. The predicted octanol–water partition coefficient (Wildman–Crippen LogP) is 1.97. The second-order valence-corrected chi connectivity index (χ2v) is 7.94. The summed E-state index contributed by atoms with van der Waals surface area (Å²) in [6.45, 7) is 0. The van der Waals surface area contributed by atoms with Gasteiger partial charge in [-0.1, -0.05) is 30.3 Å². The summed E-state index contributed by atoms with van der Waals surface area (Å²) in [6.07, 6.45) is -0.851. The molecule has 1 fully saturated rings. The number of hydrogen-bond donors (Lipinski definition) is 0. The number of nitrogens with zero attached hydrogens (tertiary/aromatic N) is 4. The summed E-state index contributed by atoms with van der Waals surface area (Å²) in [5.41, 5.74) is 0.865. The van der Waals surface area contributed by atoms with Crippen LogP contribution in [0, 0.1) is 17.2 Å². The number of halogens is 1. The predicted molar refractivity (Wildman–Crippen MR) is 77.8 cm³/mol. The van der Waals surface area contributed by atoms with Gasteiger partial charge in [0.1, 0.15) is 0 Å². The molecule has 1 aromatic carbocycles. The highest BCUT2D eigenvalue weighted by Crippen LogP contribution is 2.42. The second kappa shape index (κ2) is 4.86. The van der Waals surface area contributed by atoms with E-state index < -0.39 is 27.2 Å². The van der Waals surface area contributed by atoms with E-state index in [9.17, 15) is 12.8 Å². The number of hydrogen-bond acceptors (Lipinski definition) is 5. The van der Waals surface area contributed by atoms with Crippen LogP contribution in [-0.2, 0) is 9.84 Å². The molecule has 0 unspecified atom stereocenters. The smallest absolute Gasteiger partial charge is 0.239 e. The fraction of sp³-hybridized carbons (Fsp3) is 0.400. The van der Waals surface area contributed by atoms with Crippen LogP contribution in [0.5, 0.6) is 0 Å². The van der Waals surface area contributed by atoms with E-state index in [0.717, 1.165) is 5.56 Å². The summed E-state index contributed by atoms with van der Waals surface area (Å²) in [4.78, 5) is 3.93. The fourth-order valence-electron chi connectivity index (χ4n) is 3.02. The summed E-state index contributed by atoms with van der Waals surface area (Å²) in [5, 5.41) is 11.8. The van der Waals surface area contributed by atoms with Gasteiger partial charge in [0.2, 0.25) is 9.84 Å². The van der Waals surface area contributed by atoms with Gasteiger partial charge in [0.05, 0.1) is 23.3 Å². The van der Waals surface area contributed by atoms with Gasteiger partial charge < -0.3 is 0 Å². The van der Waals surface area contributed by atoms with Gasteiger partial charge in [-0.15, -0.1) is 5.10 Å². The molecule has 1 aliphatic carbocycles. The van der Waals surface area contributed by atoms with Crippen LogP contribution in [0.1, 0.15) is 36.4 Å². The van der Waals surface area contributed by atoms with Crippen LogP contribution in [-0.4, -0.2) is 28.4 Å². The van der Waals surface area contributed by atoms with Crippen LogP contribution >= 0.6 is 0 Å². The highest BCUT2D eigenvalue weighted by Gasteiger charge is 2.51. The van der Waals surface area contributed by atoms with Crippen molar-refractivity contribution in [2.45, 2.75) is 35.5 Å². The molecule has 2 aromatic rings. The maximum Gasteiger partial charge on any atom is 0.267 e. The van der Waals surface area contributed by atoms with E-state index in [1.165, 1.54) is 4.68 Å². The van der Waals surface area contributed by atoms with E-state index in [1.807, 2.05) is 36.4 Å². The molecule has 0 radical (unpaired) electrons. The zero-order chi connectivity index (χ0) is 16.2. The van der Waals surface area contributed by atoms with Gasteiger partial charge >= 0.3 is 0 Å². The first-order valence-corrected chi connectivity index (χ1v) is 8.86. The molecular weight excluding hydrogens is 319 g/mol. The van der Waals surface area contributed by atoms with Crippen molar-refractivity contribution >= 4 is 9.84 Å².